The largest absolute Gasteiger partial charge is 0.367 e. The number of rotatable bonds is 4. The first-order valence-corrected chi connectivity index (χ1v) is 7.07. The molecule has 5 heteroatoms. The van der Waals surface area contributed by atoms with Crippen LogP contribution in [0.25, 0.3) is 0 Å². The van der Waals surface area contributed by atoms with E-state index < -0.39 is 5.91 Å². The van der Waals surface area contributed by atoms with Crippen molar-refractivity contribution in [2.24, 2.45) is 11.5 Å². The number of hydrogen-bond donors (Lipinski definition) is 2. The summed E-state index contributed by atoms with van der Waals surface area (Å²) in [5, 5.41) is 0.584. The van der Waals surface area contributed by atoms with Gasteiger partial charge in [-0.15, -0.1) is 0 Å². The number of carbonyl (C=O) groups is 1. The van der Waals surface area contributed by atoms with Crippen LogP contribution in [0.5, 0.6) is 0 Å². The van der Waals surface area contributed by atoms with Gasteiger partial charge < -0.3 is 16.4 Å². The van der Waals surface area contributed by atoms with Crippen LogP contribution in [0.1, 0.15) is 36.0 Å². The average molecular weight is 282 g/mol. The van der Waals surface area contributed by atoms with Crippen LogP contribution in [0.4, 0.5) is 5.69 Å². The molecule has 0 saturated carbocycles. The molecule has 4 nitrogen and oxygen atoms in total. The van der Waals surface area contributed by atoms with E-state index in [-0.39, 0.29) is 0 Å². The Hall–Kier alpha value is -1.26. The minimum Gasteiger partial charge on any atom is -0.367 e. The number of carbonyl (C=O) groups excluding carboxylic acids is 1. The van der Waals surface area contributed by atoms with Crippen LogP contribution < -0.4 is 16.4 Å². The van der Waals surface area contributed by atoms with Crippen LogP contribution in [-0.2, 0) is 0 Å². The van der Waals surface area contributed by atoms with Gasteiger partial charge >= 0.3 is 0 Å². The molecule has 0 aromatic heterocycles. The molecular formula is C14H20ClN3O. The molecule has 1 aromatic carbocycles. The summed E-state index contributed by atoms with van der Waals surface area (Å²) in [6, 6.07) is 5.71. The SMILES string of the molecule is NCCC1CCCCN1c1ccc(C(N)=O)cc1Cl. The number of anilines is 1. The minimum absolute atomic E-state index is 0.440. The van der Waals surface area contributed by atoms with Crippen LogP contribution in [0.3, 0.4) is 0 Å². The number of primary amides is 1. The molecule has 1 aromatic rings. The molecule has 104 valence electrons. The molecule has 1 fully saturated rings. The first-order chi connectivity index (χ1) is 9.13. The lowest BCUT2D eigenvalue weighted by atomic mass is 9.98. The van der Waals surface area contributed by atoms with E-state index in [0.29, 0.717) is 23.2 Å². The smallest absolute Gasteiger partial charge is 0.248 e. The van der Waals surface area contributed by atoms with E-state index in [1.54, 1.807) is 12.1 Å². The van der Waals surface area contributed by atoms with Crippen molar-refractivity contribution in [2.75, 3.05) is 18.0 Å². The van der Waals surface area contributed by atoms with E-state index >= 15 is 0 Å². The predicted molar refractivity (Wildman–Crippen MR) is 78.6 cm³/mol. The highest BCUT2D eigenvalue weighted by Crippen LogP contribution is 2.32. The summed E-state index contributed by atoms with van der Waals surface area (Å²) in [5.41, 5.74) is 12.4. The Labute approximate surface area is 118 Å². The number of halogens is 1. The van der Waals surface area contributed by atoms with E-state index in [0.717, 1.165) is 31.5 Å². The molecule has 0 spiro atoms. The van der Waals surface area contributed by atoms with Gasteiger partial charge in [-0.2, -0.15) is 0 Å². The molecule has 0 bridgehead atoms. The van der Waals surface area contributed by atoms with E-state index in [1.807, 2.05) is 6.07 Å². The van der Waals surface area contributed by atoms with Crippen LogP contribution in [0.15, 0.2) is 18.2 Å². The van der Waals surface area contributed by atoms with E-state index in [4.69, 9.17) is 23.1 Å². The lowest BCUT2D eigenvalue weighted by molar-refractivity contribution is 0.100. The lowest BCUT2D eigenvalue weighted by Crippen LogP contribution is -2.41. The highest BCUT2D eigenvalue weighted by atomic mass is 35.5. The van der Waals surface area contributed by atoms with Gasteiger partial charge in [-0.25, -0.2) is 0 Å². The van der Waals surface area contributed by atoms with E-state index in [1.165, 1.54) is 6.42 Å². The zero-order valence-corrected chi connectivity index (χ0v) is 11.7. The van der Waals surface area contributed by atoms with Gasteiger partial charge in [-0.1, -0.05) is 11.6 Å². The molecule has 1 aliphatic rings. The first-order valence-electron chi connectivity index (χ1n) is 6.69. The average Bonchev–Trinajstić information content (AvgIpc) is 2.40. The van der Waals surface area contributed by atoms with E-state index in [2.05, 4.69) is 4.90 Å². The number of hydrogen-bond acceptors (Lipinski definition) is 3. The summed E-state index contributed by atoms with van der Waals surface area (Å²) in [5.74, 6) is -0.453. The third kappa shape index (κ3) is 3.19. The summed E-state index contributed by atoms with van der Waals surface area (Å²) in [7, 11) is 0. The second kappa shape index (κ2) is 6.26. The zero-order valence-electron chi connectivity index (χ0n) is 10.9. The molecule has 1 amide bonds. The molecule has 1 atom stereocenters. The predicted octanol–water partition coefficient (Wildman–Crippen LogP) is 2.15. The molecule has 4 N–H and O–H groups in total. The Bertz CT molecular complexity index is 462. The van der Waals surface area contributed by atoms with Crippen LogP contribution in [0, 0.1) is 0 Å². The van der Waals surface area contributed by atoms with Crippen LogP contribution >= 0.6 is 11.6 Å². The molecule has 1 aliphatic heterocycles. The van der Waals surface area contributed by atoms with Crippen molar-refractivity contribution in [2.45, 2.75) is 31.7 Å². The van der Waals surface area contributed by atoms with Crippen molar-refractivity contribution in [3.63, 3.8) is 0 Å². The summed E-state index contributed by atoms with van der Waals surface area (Å²) in [6.07, 6.45) is 4.51. The highest BCUT2D eigenvalue weighted by Gasteiger charge is 2.23. The summed E-state index contributed by atoms with van der Waals surface area (Å²) < 4.78 is 0. The van der Waals surface area contributed by atoms with Crippen LogP contribution in [0.2, 0.25) is 5.02 Å². The molecule has 2 rings (SSSR count). The topological polar surface area (TPSA) is 72.3 Å². The minimum atomic E-state index is -0.453. The maximum absolute atomic E-state index is 11.1. The van der Waals surface area contributed by atoms with Gasteiger partial charge in [0.2, 0.25) is 5.91 Å². The highest BCUT2D eigenvalue weighted by molar-refractivity contribution is 6.33. The number of nitrogens with two attached hydrogens (primary N) is 2. The second-order valence-electron chi connectivity index (χ2n) is 4.95. The lowest BCUT2D eigenvalue weighted by Gasteiger charge is -2.38. The maximum Gasteiger partial charge on any atom is 0.248 e. The Morgan fingerprint density at radius 2 is 2.21 bits per heavy atom. The Morgan fingerprint density at radius 1 is 1.42 bits per heavy atom. The van der Waals surface area contributed by atoms with Gasteiger partial charge in [0.15, 0.2) is 0 Å². The van der Waals surface area contributed by atoms with E-state index in [9.17, 15) is 4.79 Å². The van der Waals surface area contributed by atoms with Gasteiger partial charge in [0, 0.05) is 18.2 Å². The van der Waals surface area contributed by atoms with Gasteiger partial charge in [0.1, 0.15) is 0 Å². The summed E-state index contributed by atoms with van der Waals surface area (Å²) in [6.45, 7) is 1.67. The number of nitrogens with zero attached hydrogens (tertiary/aromatic N) is 1. The number of piperidine rings is 1. The fraction of sp³-hybridized carbons (Fsp3) is 0.500. The normalized spacial score (nSPS) is 19.5. The molecule has 1 heterocycles. The molecule has 0 radical (unpaired) electrons. The number of benzene rings is 1. The quantitative estimate of drug-likeness (QED) is 0.888. The van der Waals surface area contributed by atoms with Crippen molar-refractivity contribution >= 4 is 23.2 Å². The summed E-state index contributed by atoms with van der Waals surface area (Å²) >= 11 is 6.29. The van der Waals surface area contributed by atoms with Gasteiger partial charge in [-0.3, -0.25) is 4.79 Å². The van der Waals surface area contributed by atoms with Gasteiger partial charge in [-0.05, 0) is 50.4 Å². The Morgan fingerprint density at radius 3 is 2.84 bits per heavy atom. The second-order valence-corrected chi connectivity index (χ2v) is 5.36. The zero-order chi connectivity index (χ0) is 13.8. The Kier molecular flexibility index (Phi) is 4.66. The fourth-order valence-electron chi connectivity index (χ4n) is 2.70. The van der Waals surface area contributed by atoms with Crippen LogP contribution in [-0.4, -0.2) is 25.0 Å². The van der Waals surface area contributed by atoms with Gasteiger partial charge in [0.05, 0.1) is 10.7 Å². The third-order valence-corrected chi connectivity index (χ3v) is 3.97. The fourth-order valence-corrected chi connectivity index (χ4v) is 2.99. The van der Waals surface area contributed by atoms with Crippen molar-refractivity contribution in [1.82, 2.24) is 0 Å². The first kappa shape index (κ1) is 14.2. The van der Waals surface area contributed by atoms with Crippen molar-refractivity contribution in [3.05, 3.63) is 28.8 Å². The molecule has 1 unspecified atom stereocenters. The monoisotopic (exact) mass is 281 g/mol. The molecular weight excluding hydrogens is 262 g/mol. The maximum atomic E-state index is 11.1. The Balaban J connectivity index is 2.26. The van der Waals surface area contributed by atoms with Crippen molar-refractivity contribution in [3.8, 4) is 0 Å². The number of amides is 1. The molecule has 0 aliphatic carbocycles. The van der Waals surface area contributed by atoms with Crippen molar-refractivity contribution in [1.29, 1.82) is 0 Å². The third-order valence-electron chi connectivity index (χ3n) is 3.67. The molecule has 19 heavy (non-hydrogen) atoms. The van der Waals surface area contributed by atoms with Crippen molar-refractivity contribution < 1.29 is 4.79 Å². The molecule has 1 saturated heterocycles. The van der Waals surface area contributed by atoms with Gasteiger partial charge in [0.25, 0.3) is 0 Å². The summed E-state index contributed by atoms with van der Waals surface area (Å²) in [4.78, 5) is 13.4. The standard InChI is InChI=1S/C14H20ClN3O/c15-12-9-10(14(17)19)4-5-13(12)18-8-2-1-3-11(18)6-7-16/h4-5,9,11H,1-3,6-8,16H2,(H2,17,19).